The number of carbonyl (C=O) groups is 2. The summed E-state index contributed by atoms with van der Waals surface area (Å²) in [5.74, 6) is -1.36. The van der Waals surface area contributed by atoms with Crippen LogP contribution in [0.2, 0.25) is 0 Å². The van der Waals surface area contributed by atoms with Gasteiger partial charge in [-0.15, -0.1) is 16.2 Å². The number of nitroso groups, excluding NO2 is 1. The number of nitrogens with one attached hydrogen (secondary N) is 1. The summed E-state index contributed by atoms with van der Waals surface area (Å²) in [7, 11) is 0. The summed E-state index contributed by atoms with van der Waals surface area (Å²) in [5.41, 5.74) is 4.39. The van der Waals surface area contributed by atoms with E-state index in [-0.39, 0.29) is 25.3 Å². The van der Waals surface area contributed by atoms with Crippen LogP contribution in [0.5, 0.6) is 0 Å². The summed E-state index contributed by atoms with van der Waals surface area (Å²) < 4.78 is 25.7. The normalized spacial score (nSPS) is 10.8. The smallest absolute Gasteiger partial charge is 0.305 e. The minimum absolute atomic E-state index is 0.0337. The van der Waals surface area contributed by atoms with Crippen LogP contribution in [0.15, 0.2) is 83.4 Å². The van der Waals surface area contributed by atoms with Crippen molar-refractivity contribution >= 4 is 39.7 Å². The second-order valence-electron chi connectivity index (χ2n) is 8.60. The van der Waals surface area contributed by atoms with Crippen LogP contribution in [0, 0.1) is 4.91 Å². The van der Waals surface area contributed by atoms with Crippen LogP contribution in [0.4, 0.5) is 25.3 Å². The first-order valence-corrected chi connectivity index (χ1v) is 12.8. The molecule has 0 aliphatic carbocycles. The second-order valence-corrected chi connectivity index (χ2v) is 9.43. The molecule has 1 aromatic heterocycles. The molecular weight excluding hydrogens is 526 g/mol. The van der Waals surface area contributed by atoms with Crippen molar-refractivity contribution in [2.75, 3.05) is 11.4 Å². The number of aromatic nitrogens is 1. The van der Waals surface area contributed by atoms with E-state index in [4.69, 9.17) is 10.1 Å². The fourth-order valence-electron chi connectivity index (χ4n) is 3.80. The van der Waals surface area contributed by atoms with E-state index < -0.39 is 12.4 Å². The summed E-state index contributed by atoms with van der Waals surface area (Å²) in [6.45, 7) is 0.419. The molecule has 3 aromatic carbocycles. The average Bonchev–Trinajstić information content (AvgIpc) is 3.42. The van der Waals surface area contributed by atoms with E-state index in [1.165, 1.54) is 11.3 Å². The number of alkyl halides is 2. The largest absolute Gasteiger partial charge is 0.481 e. The van der Waals surface area contributed by atoms with Crippen molar-refractivity contribution in [2.45, 2.75) is 25.8 Å². The molecular formula is C28H24F2N4O4S. The highest BCUT2D eigenvalue weighted by Gasteiger charge is 2.17. The number of carboxylic acid groups (broad SMARTS) is 1. The topological polar surface area (TPSA) is 112 Å². The van der Waals surface area contributed by atoms with Crippen LogP contribution in [0.1, 0.15) is 27.9 Å². The molecule has 0 saturated heterocycles. The zero-order valence-electron chi connectivity index (χ0n) is 20.6. The van der Waals surface area contributed by atoms with Crippen molar-refractivity contribution in [3.63, 3.8) is 0 Å². The second kappa shape index (κ2) is 12.8. The first-order chi connectivity index (χ1) is 18.8. The molecule has 0 unspecified atom stereocenters. The van der Waals surface area contributed by atoms with Crippen LogP contribution >= 0.6 is 11.3 Å². The Kier molecular flexibility index (Phi) is 9.06. The van der Waals surface area contributed by atoms with Crippen molar-refractivity contribution in [1.82, 2.24) is 10.3 Å². The van der Waals surface area contributed by atoms with Crippen molar-refractivity contribution in [2.24, 2.45) is 5.18 Å². The Bertz CT molecular complexity index is 1430. The maximum Gasteiger partial charge on any atom is 0.305 e. The number of aliphatic carboxylic acids is 1. The van der Waals surface area contributed by atoms with Gasteiger partial charge in [0.25, 0.3) is 5.91 Å². The maximum absolute atomic E-state index is 12.8. The number of hydrogen-bond donors (Lipinski definition) is 2. The molecule has 0 aliphatic heterocycles. The molecule has 0 bridgehead atoms. The predicted octanol–water partition coefficient (Wildman–Crippen LogP) is 6.56. The summed E-state index contributed by atoms with van der Waals surface area (Å²) >= 11 is 1.41. The van der Waals surface area contributed by atoms with Gasteiger partial charge in [0, 0.05) is 35.2 Å². The SMILES string of the molecule is O=Nc1ccc(-c2csc(N(Cc3ccc(C(=O)NCCC(=O)O)cc3)c3ccc(CC(F)F)cc3)n2)cc1. The standard InChI is InChI=1S/C28H24F2N4O4S/c29-25(30)15-18-3-11-23(12-4-18)34(28-32-24(17-39-28)20-7-9-22(33-38)10-8-20)16-19-1-5-21(6-2-19)27(37)31-14-13-26(35)36/h1-12,17,25H,13-16H2,(H,31,37)(H,35,36). The Balaban J connectivity index is 1.57. The monoisotopic (exact) mass is 550 g/mol. The number of rotatable bonds is 12. The summed E-state index contributed by atoms with van der Waals surface area (Å²) in [6, 6.07) is 20.5. The number of carboxylic acids is 1. The van der Waals surface area contributed by atoms with Gasteiger partial charge in [0.1, 0.15) is 5.69 Å². The van der Waals surface area contributed by atoms with Gasteiger partial charge in [0.2, 0.25) is 6.43 Å². The number of hydrogen-bond acceptors (Lipinski definition) is 7. The first-order valence-electron chi connectivity index (χ1n) is 12.0. The number of carbonyl (C=O) groups excluding carboxylic acids is 1. The highest BCUT2D eigenvalue weighted by Crippen LogP contribution is 2.34. The lowest BCUT2D eigenvalue weighted by Gasteiger charge is -2.23. The third-order valence-corrected chi connectivity index (χ3v) is 6.67. The van der Waals surface area contributed by atoms with Crippen LogP contribution < -0.4 is 10.2 Å². The van der Waals surface area contributed by atoms with Crippen molar-refractivity contribution in [3.05, 3.63) is 99.8 Å². The number of anilines is 2. The van der Waals surface area contributed by atoms with E-state index in [2.05, 4.69) is 10.5 Å². The lowest BCUT2D eigenvalue weighted by atomic mass is 10.1. The van der Waals surface area contributed by atoms with E-state index in [1.54, 1.807) is 72.8 Å². The third-order valence-electron chi connectivity index (χ3n) is 5.81. The summed E-state index contributed by atoms with van der Waals surface area (Å²) in [5, 5.41) is 16.8. The van der Waals surface area contributed by atoms with Gasteiger partial charge in [-0.3, -0.25) is 9.59 Å². The molecule has 1 amide bonds. The molecule has 0 spiro atoms. The average molecular weight is 551 g/mol. The van der Waals surface area contributed by atoms with Gasteiger partial charge in [-0.1, -0.05) is 36.4 Å². The molecule has 0 fully saturated rings. The van der Waals surface area contributed by atoms with Crippen molar-refractivity contribution in [1.29, 1.82) is 0 Å². The number of nitrogens with zero attached hydrogens (tertiary/aromatic N) is 3. The first kappa shape index (κ1) is 27.5. The zero-order chi connectivity index (χ0) is 27.8. The molecule has 200 valence electrons. The fraction of sp³-hybridized carbons (Fsp3) is 0.179. The molecule has 0 radical (unpaired) electrons. The summed E-state index contributed by atoms with van der Waals surface area (Å²) in [4.78, 5) is 40.4. The molecule has 0 saturated carbocycles. The van der Waals surface area contributed by atoms with Gasteiger partial charge < -0.3 is 15.3 Å². The van der Waals surface area contributed by atoms with Crippen LogP contribution in [0.3, 0.4) is 0 Å². The van der Waals surface area contributed by atoms with E-state index in [0.29, 0.717) is 34.2 Å². The Hall–Kier alpha value is -4.51. The Morgan fingerprint density at radius 2 is 1.64 bits per heavy atom. The van der Waals surface area contributed by atoms with E-state index in [0.717, 1.165) is 16.8 Å². The van der Waals surface area contributed by atoms with E-state index >= 15 is 0 Å². The molecule has 4 aromatic rings. The molecule has 39 heavy (non-hydrogen) atoms. The molecule has 2 N–H and O–H groups in total. The Labute approximate surface area is 226 Å². The van der Waals surface area contributed by atoms with Gasteiger partial charge in [-0.05, 0) is 52.7 Å². The molecule has 11 heteroatoms. The minimum Gasteiger partial charge on any atom is -0.481 e. The van der Waals surface area contributed by atoms with Crippen molar-refractivity contribution < 1.29 is 23.5 Å². The minimum atomic E-state index is -2.44. The lowest BCUT2D eigenvalue weighted by Crippen LogP contribution is -2.26. The lowest BCUT2D eigenvalue weighted by molar-refractivity contribution is -0.136. The van der Waals surface area contributed by atoms with Gasteiger partial charge in [0.15, 0.2) is 5.13 Å². The van der Waals surface area contributed by atoms with Crippen molar-refractivity contribution in [3.8, 4) is 11.3 Å². The van der Waals surface area contributed by atoms with Crippen LogP contribution in [-0.2, 0) is 17.8 Å². The number of amides is 1. The van der Waals surface area contributed by atoms with Gasteiger partial charge >= 0.3 is 5.97 Å². The summed E-state index contributed by atoms with van der Waals surface area (Å²) in [6.07, 6.45) is -2.93. The molecule has 0 atom stereocenters. The zero-order valence-corrected chi connectivity index (χ0v) is 21.4. The van der Waals surface area contributed by atoms with Gasteiger partial charge in [-0.25, -0.2) is 13.8 Å². The third kappa shape index (κ3) is 7.51. The van der Waals surface area contributed by atoms with Crippen LogP contribution in [0.25, 0.3) is 11.3 Å². The Morgan fingerprint density at radius 1 is 0.974 bits per heavy atom. The molecule has 8 nitrogen and oxygen atoms in total. The highest BCUT2D eigenvalue weighted by atomic mass is 32.1. The molecule has 0 aliphatic rings. The van der Waals surface area contributed by atoms with Gasteiger partial charge in [0.05, 0.1) is 18.7 Å². The maximum atomic E-state index is 12.8. The predicted molar refractivity (Wildman–Crippen MR) is 146 cm³/mol. The quantitative estimate of drug-likeness (QED) is 0.193. The highest BCUT2D eigenvalue weighted by molar-refractivity contribution is 7.14. The number of thiazole rings is 1. The van der Waals surface area contributed by atoms with Gasteiger partial charge in [-0.2, -0.15) is 0 Å². The number of halogens is 2. The fourth-order valence-corrected chi connectivity index (χ4v) is 4.66. The van der Waals surface area contributed by atoms with E-state index in [1.807, 2.05) is 10.3 Å². The molecule has 4 rings (SSSR count). The number of benzene rings is 3. The molecule has 1 heterocycles. The van der Waals surface area contributed by atoms with E-state index in [9.17, 15) is 23.3 Å². The van der Waals surface area contributed by atoms with Crippen LogP contribution in [-0.4, -0.2) is 34.9 Å². The Morgan fingerprint density at radius 3 is 2.26 bits per heavy atom.